The zero-order chi connectivity index (χ0) is 17.3. The van der Waals surface area contributed by atoms with Crippen molar-refractivity contribution < 1.29 is 9.50 Å². The number of hydrogen-bond donors (Lipinski definition) is 1. The lowest BCUT2D eigenvalue weighted by molar-refractivity contribution is 0.150. The molecule has 2 aromatic rings. The van der Waals surface area contributed by atoms with Crippen LogP contribution in [-0.4, -0.2) is 34.6 Å². The summed E-state index contributed by atoms with van der Waals surface area (Å²) in [5, 5.41) is 9.34. The van der Waals surface area contributed by atoms with Crippen LogP contribution in [0.1, 0.15) is 18.4 Å². The van der Waals surface area contributed by atoms with Gasteiger partial charge in [0.25, 0.3) is 0 Å². The molecule has 0 bridgehead atoms. The number of alkyl halides is 1. The van der Waals surface area contributed by atoms with Gasteiger partial charge >= 0.3 is 0 Å². The van der Waals surface area contributed by atoms with Crippen LogP contribution in [0, 0.1) is 11.8 Å². The summed E-state index contributed by atoms with van der Waals surface area (Å²) in [6, 6.07) is 17.4. The van der Waals surface area contributed by atoms with Crippen molar-refractivity contribution in [1.29, 1.82) is 0 Å². The van der Waals surface area contributed by atoms with Gasteiger partial charge in [-0.1, -0.05) is 30.3 Å². The Balaban J connectivity index is 1.29. The van der Waals surface area contributed by atoms with Crippen molar-refractivity contribution in [3.8, 4) is 5.75 Å². The van der Waals surface area contributed by atoms with Crippen LogP contribution in [0.3, 0.4) is 0 Å². The molecule has 0 amide bonds. The van der Waals surface area contributed by atoms with E-state index >= 15 is 4.39 Å². The summed E-state index contributed by atoms with van der Waals surface area (Å²) < 4.78 is 15.3. The highest BCUT2D eigenvalue weighted by Crippen LogP contribution is 2.47. The highest BCUT2D eigenvalue weighted by Gasteiger charge is 2.49. The highest BCUT2D eigenvalue weighted by molar-refractivity contribution is 7.99. The Bertz CT molecular complexity index is 692. The molecule has 2 aromatic carbocycles. The van der Waals surface area contributed by atoms with Gasteiger partial charge in [0.1, 0.15) is 11.4 Å². The summed E-state index contributed by atoms with van der Waals surface area (Å²) in [5.41, 5.74) is 0.0945. The number of nitrogens with zero attached hydrogens (tertiary/aromatic N) is 1. The summed E-state index contributed by atoms with van der Waals surface area (Å²) in [4.78, 5) is 3.62. The molecule has 0 spiro atoms. The predicted molar refractivity (Wildman–Crippen MR) is 101 cm³/mol. The number of rotatable bonds is 5. The zero-order valence-electron chi connectivity index (χ0n) is 14.3. The van der Waals surface area contributed by atoms with Gasteiger partial charge in [0.05, 0.1) is 0 Å². The first-order chi connectivity index (χ1) is 12.1. The molecule has 25 heavy (non-hydrogen) atoms. The van der Waals surface area contributed by atoms with Crippen LogP contribution in [-0.2, 0) is 6.42 Å². The van der Waals surface area contributed by atoms with Crippen molar-refractivity contribution in [3.63, 3.8) is 0 Å². The van der Waals surface area contributed by atoms with Crippen molar-refractivity contribution >= 4 is 11.8 Å². The van der Waals surface area contributed by atoms with Crippen LogP contribution in [0.4, 0.5) is 4.39 Å². The monoisotopic (exact) mass is 357 g/mol. The van der Waals surface area contributed by atoms with Gasteiger partial charge in [-0.05, 0) is 54.5 Å². The molecule has 1 saturated heterocycles. The number of aromatic hydroxyl groups is 1. The van der Waals surface area contributed by atoms with Gasteiger partial charge in [-0.3, -0.25) is 4.90 Å². The van der Waals surface area contributed by atoms with Crippen molar-refractivity contribution in [1.82, 2.24) is 4.90 Å². The Hall–Kier alpha value is -1.52. The average Bonchev–Trinajstić information content (AvgIpc) is 3.09. The Kier molecular flexibility index (Phi) is 4.74. The minimum Gasteiger partial charge on any atom is -0.508 e. The van der Waals surface area contributed by atoms with E-state index in [0.29, 0.717) is 36.8 Å². The number of thioether (sulfide) groups is 1. The second-order valence-electron chi connectivity index (χ2n) is 7.54. The number of likely N-dealkylation sites (tertiary alicyclic amines) is 1. The molecule has 1 aliphatic heterocycles. The van der Waals surface area contributed by atoms with E-state index in [1.54, 1.807) is 23.9 Å². The number of fused-ring (bicyclic) bond motifs is 1. The summed E-state index contributed by atoms with van der Waals surface area (Å²) in [7, 11) is 0. The number of halogens is 1. The third kappa shape index (κ3) is 4.01. The lowest BCUT2D eigenvalue weighted by Crippen LogP contribution is -2.28. The minimum atomic E-state index is -1.02. The first-order valence-electron chi connectivity index (χ1n) is 8.97. The maximum Gasteiger partial charge on any atom is 0.115 e. The van der Waals surface area contributed by atoms with Crippen LogP contribution in [0.2, 0.25) is 0 Å². The lowest BCUT2D eigenvalue weighted by atomic mass is 9.93. The fraction of sp³-hybridized carbons (Fsp3) is 0.429. The number of benzene rings is 2. The Labute approximate surface area is 153 Å². The van der Waals surface area contributed by atoms with E-state index in [1.807, 2.05) is 42.5 Å². The fourth-order valence-electron chi connectivity index (χ4n) is 4.44. The molecule has 4 heteroatoms. The first kappa shape index (κ1) is 16.9. The SMILES string of the molecule is Oc1ccc(SCN2C[C@@H]3C[C@](F)(Cc4ccccc4)C[C@@H]3C2)cc1. The van der Waals surface area contributed by atoms with Crippen LogP contribution in [0.5, 0.6) is 5.75 Å². The lowest BCUT2D eigenvalue weighted by Gasteiger charge is -2.23. The third-order valence-electron chi connectivity index (χ3n) is 5.52. The van der Waals surface area contributed by atoms with Crippen molar-refractivity contribution in [3.05, 3.63) is 60.2 Å². The predicted octanol–water partition coefficient (Wildman–Crippen LogP) is 4.73. The van der Waals surface area contributed by atoms with E-state index < -0.39 is 5.67 Å². The number of phenolic OH excluding ortho intramolecular Hbond substituents is 1. The molecule has 0 radical (unpaired) electrons. The molecule has 2 aliphatic rings. The molecular formula is C21H24FNOS. The van der Waals surface area contributed by atoms with Gasteiger partial charge in [-0.2, -0.15) is 0 Å². The molecule has 1 heterocycles. The molecule has 3 atom stereocenters. The quantitative estimate of drug-likeness (QED) is 0.782. The minimum absolute atomic E-state index is 0.303. The fourth-order valence-corrected chi connectivity index (χ4v) is 5.31. The van der Waals surface area contributed by atoms with Gasteiger partial charge in [0, 0.05) is 30.3 Å². The van der Waals surface area contributed by atoms with Crippen molar-refractivity contribution in [2.24, 2.45) is 11.8 Å². The van der Waals surface area contributed by atoms with Crippen LogP contribution < -0.4 is 0 Å². The van der Waals surface area contributed by atoms with Crippen LogP contribution in [0.15, 0.2) is 59.5 Å². The molecule has 1 N–H and O–H groups in total. The van der Waals surface area contributed by atoms with Gasteiger partial charge in [-0.25, -0.2) is 4.39 Å². The molecular weight excluding hydrogens is 333 g/mol. The van der Waals surface area contributed by atoms with E-state index in [0.717, 1.165) is 24.5 Å². The molecule has 0 unspecified atom stereocenters. The summed E-state index contributed by atoms with van der Waals surface area (Å²) in [6.07, 6.45) is 1.96. The van der Waals surface area contributed by atoms with E-state index in [2.05, 4.69) is 4.90 Å². The highest BCUT2D eigenvalue weighted by atomic mass is 32.2. The van der Waals surface area contributed by atoms with E-state index in [-0.39, 0.29) is 0 Å². The second kappa shape index (κ2) is 7.00. The smallest absolute Gasteiger partial charge is 0.115 e. The van der Waals surface area contributed by atoms with Crippen molar-refractivity contribution in [2.75, 3.05) is 19.0 Å². The molecule has 132 valence electrons. The van der Waals surface area contributed by atoms with Crippen LogP contribution >= 0.6 is 11.8 Å². The topological polar surface area (TPSA) is 23.5 Å². The van der Waals surface area contributed by atoms with Crippen molar-refractivity contribution in [2.45, 2.75) is 29.8 Å². The summed E-state index contributed by atoms with van der Waals surface area (Å²) in [6.45, 7) is 2.02. The Morgan fingerprint density at radius 2 is 1.64 bits per heavy atom. The third-order valence-corrected chi connectivity index (χ3v) is 6.62. The molecule has 4 rings (SSSR count). The zero-order valence-corrected chi connectivity index (χ0v) is 15.1. The standard InChI is InChI=1S/C21H24FNOS/c22-21(10-16-4-2-1-3-5-16)11-17-13-23(14-18(17)12-21)15-25-20-8-6-19(24)7-9-20/h1-9,17-18,24H,10-15H2/t17-,18+,21+. The van der Waals surface area contributed by atoms with Crippen LogP contribution in [0.25, 0.3) is 0 Å². The molecule has 0 aromatic heterocycles. The molecule has 1 saturated carbocycles. The van der Waals surface area contributed by atoms with Gasteiger partial charge in [0.15, 0.2) is 0 Å². The summed E-state index contributed by atoms with van der Waals surface area (Å²) in [5.74, 6) is 2.23. The van der Waals surface area contributed by atoms with Gasteiger partial charge in [0.2, 0.25) is 0 Å². The van der Waals surface area contributed by atoms with Gasteiger partial charge < -0.3 is 5.11 Å². The maximum absolute atomic E-state index is 15.3. The average molecular weight is 357 g/mol. The summed E-state index contributed by atoms with van der Waals surface area (Å²) >= 11 is 1.79. The van der Waals surface area contributed by atoms with Gasteiger partial charge in [-0.15, -0.1) is 11.8 Å². The molecule has 2 fully saturated rings. The number of phenols is 1. The maximum atomic E-state index is 15.3. The Morgan fingerprint density at radius 1 is 1.00 bits per heavy atom. The van der Waals surface area contributed by atoms with E-state index in [1.165, 1.54) is 4.90 Å². The second-order valence-corrected chi connectivity index (χ2v) is 8.56. The van der Waals surface area contributed by atoms with E-state index in [9.17, 15) is 5.11 Å². The number of hydrogen-bond acceptors (Lipinski definition) is 3. The normalized spacial score (nSPS) is 29.0. The largest absolute Gasteiger partial charge is 0.508 e. The Morgan fingerprint density at radius 3 is 2.28 bits per heavy atom. The van der Waals surface area contributed by atoms with E-state index in [4.69, 9.17) is 0 Å². The molecule has 2 nitrogen and oxygen atoms in total. The first-order valence-corrected chi connectivity index (χ1v) is 9.95. The molecule has 1 aliphatic carbocycles.